The van der Waals surface area contributed by atoms with Crippen molar-refractivity contribution in [3.63, 3.8) is 0 Å². The van der Waals surface area contributed by atoms with Gasteiger partial charge in [0.05, 0.1) is 0 Å². The van der Waals surface area contributed by atoms with Crippen molar-refractivity contribution in [2.75, 3.05) is 0 Å². The van der Waals surface area contributed by atoms with Crippen LogP contribution in [0.1, 0.15) is 26.7 Å². The van der Waals surface area contributed by atoms with Crippen molar-refractivity contribution in [3.05, 3.63) is 24.3 Å². The zero-order valence-electron chi connectivity index (χ0n) is 8.80. The number of carbonyl (C=O) groups excluding carboxylic acids is 2. The maximum Gasteiger partial charge on any atom is 0.244 e. The molecule has 14 heavy (non-hydrogen) atoms. The molecule has 0 bridgehead atoms. The third-order valence-electron chi connectivity index (χ3n) is 1.32. The zero-order chi connectivity index (χ0) is 11.7. The van der Waals surface area contributed by atoms with Gasteiger partial charge in [0.15, 0.2) is 0 Å². The quantitative estimate of drug-likeness (QED) is 0.657. The van der Waals surface area contributed by atoms with Crippen LogP contribution in [0.4, 0.5) is 0 Å². The summed E-state index contributed by atoms with van der Waals surface area (Å²) in [6.07, 6.45) is 1.65. The van der Waals surface area contributed by atoms with E-state index in [-0.39, 0.29) is 5.91 Å². The lowest BCUT2D eigenvalue weighted by Gasteiger charge is -1.93. The minimum absolute atomic E-state index is 0.383. The van der Waals surface area contributed by atoms with Crippen LogP contribution in [-0.2, 0) is 9.59 Å². The van der Waals surface area contributed by atoms with E-state index in [4.69, 9.17) is 11.5 Å². The molecule has 0 aromatic carbocycles. The molecule has 0 aliphatic heterocycles. The summed E-state index contributed by atoms with van der Waals surface area (Å²) in [5, 5.41) is 0. The van der Waals surface area contributed by atoms with E-state index in [2.05, 4.69) is 13.2 Å². The van der Waals surface area contributed by atoms with E-state index in [9.17, 15) is 9.59 Å². The highest BCUT2D eigenvalue weighted by Gasteiger charge is 1.96. The van der Waals surface area contributed by atoms with Gasteiger partial charge in [0.25, 0.3) is 0 Å². The number of hydrogen-bond acceptors (Lipinski definition) is 2. The van der Waals surface area contributed by atoms with Gasteiger partial charge in [0.1, 0.15) is 0 Å². The van der Waals surface area contributed by atoms with Crippen molar-refractivity contribution < 1.29 is 9.59 Å². The summed E-state index contributed by atoms with van der Waals surface area (Å²) in [5.74, 6) is -0.818. The molecule has 0 rings (SSSR count). The first kappa shape index (κ1) is 14.9. The lowest BCUT2D eigenvalue weighted by Crippen LogP contribution is -2.12. The van der Waals surface area contributed by atoms with E-state index < -0.39 is 5.91 Å². The first-order chi connectivity index (χ1) is 6.32. The number of amides is 2. The number of nitrogens with two attached hydrogens (primary N) is 2. The van der Waals surface area contributed by atoms with Gasteiger partial charge in [-0.1, -0.05) is 26.5 Å². The lowest BCUT2D eigenvalue weighted by atomic mass is 10.2. The molecule has 0 spiro atoms. The molecule has 0 saturated carbocycles. The molecule has 2 amide bonds. The van der Waals surface area contributed by atoms with E-state index in [0.717, 1.165) is 12.8 Å². The summed E-state index contributed by atoms with van der Waals surface area (Å²) in [6, 6.07) is 0. The molecule has 0 aliphatic rings. The van der Waals surface area contributed by atoms with Gasteiger partial charge in [-0.25, -0.2) is 0 Å². The molecule has 0 fully saturated rings. The molecule has 0 radical (unpaired) electrons. The molecule has 0 atom stereocenters. The van der Waals surface area contributed by atoms with Crippen molar-refractivity contribution in [3.8, 4) is 0 Å². The van der Waals surface area contributed by atoms with Crippen LogP contribution >= 0.6 is 0 Å². The van der Waals surface area contributed by atoms with Gasteiger partial charge in [-0.2, -0.15) is 0 Å². The molecular formula is C10H18N2O2. The Hall–Kier alpha value is -1.58. The van der Waals surface area contributed by atoms with Crippen LogP contribution in [0.3, 0.4) is 0 Å². The Bertz CT molecular complexity index is 233. The molecule has 0 aliphatic carbocycles. The second-order valence-corrected chi connectivity index (χ2v) is 2.86. The van der Waals surface area contributed by atoms with Crippen molar-refractivity contribution in [1.29, 1.82) is 0 Å². The maximum atomic E-state index is 10.2. The monoisotopic (exact) mass is 198 g/mol. The Morgan fingerprint density at radius 2 is 1.50 bits per heavy atom. The summed E-state index contributed by atoms with van der Waals surface area (Å²) in [4.78, 5) is 20.0. The van der Waals surface area contributed by atoms with Crippen LogP contribution in [0.5, 0.6) is 0 Å². The Kier molecular flexibility index (Phi) is 8.57. The molecule has 0 aromatic heterocycles. The van der Waals surface area contributed by atoms with Gasteiger partial charge in [-0.05, 0) is 13.3 Å². The van der Waals surface area contributed by atoms with E-state index >= 15 is 0 Å². The fourth-order valence-corrected chi connectivity index (χ4v) is 0.425. The Morgan fingerprint density at radius 3 is 1.57 bits per heavy atom. The molecule has 4 N–H and O–H groups in total. The molecular weight excluding hydrogens is 180 g/mol. The predicted molar refractivity (Wildman–Crippen MR) is 57.3 cm³/mol. The first-order valence-corrected chi connectivity index (χ1v) is 4.25. The first-order valence-electron chi connectivity index (χ1n) is 4.25. The molecule has 0 aromatic rings. The highest BCUT2D eigenvalue weighted by atomic mass is 16.1. The SMILES string of the molecule is C=C(C)C(N)=O.C=C(CCC)C(N)=O. The van der Waals surface area contributed by atoms with Gasteiger partial charge in [0.2, 0.25) is 11.8 Å². The standard InChI is InChI=1S/C6H11NO.C4H7NO/c1-3-4-5(2)6(7)8;1-3(2)4(5)6/h2-4H2,1H3,(H2,7,8);1H2,2H3,(H2,5,6). The Morgan fingerprint density at radius 1 is 1.14 bits per heavy atom. The van der Waals surface area contributed by atoms with Crippen LogP contribution in [0.2, 0.25) is 0 Å². The van der Waals surface area contributed by atoms with Crippen LogP contribution in [-0.4, -0.2) is 11.8 Å². The van der Waals surface area contributed by atoms with Gasteiger partial charge >= 0.3 is 0 Å². The van der Waals surface area contributed by atoms with Gasteiger partial charge < -0.3 is 11.5 Å². The third kappa shape index (κ3) is 10.4. The second kappa shape index (κ2) is 8.04. The fourth-order valence-electron chi connectivity index (χ4n) is 0.425. The van der Waals surface area contributed by atoms with Crippen molar-refractivity contribution >= 4 is 11.8 Å². The van der Waals surface area contributed by atoms with Crippen LogP contribution in [0, 0.1) is 0 Å². The van der Waals surface area contributed by atoms with Crippen molar-refractivity contribution in [2.24, 2.45) is 11.5 Å². The largest absolute Gasteiger partial charge is 0.366 e. The normalized spacial score (nSPS) is 8.14. The Labute approximate surface area is 84.7 Å². The predicted octanol–water partition coefficient (Wildman–Crippen LogP) is 0.876. The summed E-state index contributed by atoms with van der Waals surface area (Å²) in [7, 11) is 0. The highest BCUT2D eigenvalue weighted by molar-refractivity contribution is 5.91. The Balaban J connectivity index is 0. The topological polar surface area (TPSA) is 86.2 Å². The van der Waals surface area contributed by atoms with Gasteiger partial charge in [0, 0.05) is 11.1 Å². The number of hydrogen-bond donors (Lipinski definition) is 2. The maximum absolute atomic E-state index is 10.2. The number of carbonyl (C=O) groups is 2. The molecule has 4 heteroatoms. The summed E-state index contributed by atoms with van der Waals surface area (Å²) in [6.45, 7) is 10.3. The summed E-state index contributed by atoms with van der Waals surface area (Å²) >= 11 is 0. The summed E-state index contributed by atoms with van der Waals surface area (Å²) < 4.78 is 0. The van der Waals surface area contributed by atoms with Crippen LogP contribution in [0.25, 0.3) is 0 Å². The highest BCUT2D eigenvalue weighted by Crippen LogP contribution is 1.98. The van der Waals surface area contributed by atoms with Crippen molar-refractivity contribution in [1.82, 2.24) is 0 Å². The average molecular weight is 198 g/mol. The molecule has 4 nitrogen and oxygen atoms in total. The third-order valence-corrected chi connectivity index (χ3v) is 1.32. The van der Waals surface area contributed by atoms with E-state index in [0.29, 0.717) is 11.1 Å². The van der Waals surface area contributed by atoms with Crippen LogP contribution in [0.15, 0.2) is 24.3 Å². The smallest absolute Gasteiger partial charge is 0.244 e. The lowest BCUT2D eigenvalue weighted by molar-refractivity contribution is -0.115. The van der Waals surface area contributed by atoms with E-state index in [1.807, 2.05) is 6.92 Å². The van der Waals surface area contributed by atoms with Crippen molar-refractivity contribution in [2.45, 2.75) is 26.7 Å². The molecule has 0 saturated heterocycles. The number of rotatable bonds is 4. The van der Waals surface area contributed by atoms with Gasteiger partial charge in [-0.15, -0.1) is 0 Å². The summed E-state index contributed by atoms with van der Waals surface area (Å²) in [5.41, 5.74) is 10.5. The number of primary amides is 2. The van der Waals surface area contributed by atoms with Crippen LogP contribution < -0.4 is 11.5 Å². The minimum atomic E-state index is -0.435. The zero-order valence-corrected chi connectivity index (χ0v) is 8.80. The van der Waals surface area contributed by atoms with E-state index in [1.54, 1.807) is 6.92 Å². The fraction of sp³-hybridized carbons (Fsp3) is 0.400. The van der Waals surface area contributed by atoms with Gasteiger partial charge in [-0.3, -0.25) is 9.59 Å². The molecule has 80 valence electrons. The minimum Gasteiger partial charge on any atom is -0.366 e. The van der Waals surface area contributed by atoms with E-state index in [1.165, 1.54) is 0 Å². The second-order valence-electron chi connectivity index (χ2n) is 2.86. The average Bonchev–Trinajstić information content (AvgIpc) is 2.05. The molecule has 0 unspecified atom stereocenters. The molecule has 0 heterocycles.